The number of anilines is 1. The maximum Gasteiger partial charge on any atom is 0.259 e. The highest BCUT2D eigenvalue weighted by atomic mass is 19.1. The Bertz CT molecular complexity index is 866. The predicted molar refractivity (Wildman–Crippen MR) is 110 cm³/mol. The number of ether oxygens (including phenoxy) is 1. The van der Waals surface area contributed by atoms with Gasteiger partial charge in [-0.05, 0) is 51.4 Å². The number of aromatic nitrogens is 1. The highest BCUT2D eigenvalue weighted by Crippen LogP contribution is 2.33. The fourth-order valence-electron chi connectivity index (χ4n) is 3.85. The number of likely N-dealkylation sites (tertiary alicyclic amines) is 1. The molecule has 0 radical (unpaired) electrons. The summed E-state index contributed by atoms with van der Waals surface area (Å²) in [6.07, 6.45) is 2.19. The van der Waals surface area contributed by atoms with Gasteiger partial charge in [-0.1, -0.05) is 5.16 Å². The summed E-state index contributed by atoms with van der Waals surface area (Å²) in [7, 11) is 4.98. The molecular weight excluding hydrogens is 375 g/mol. The average molecular weight is 404 g/mol. The Morgan fingerprint density at radius 2 is 2.21 bits per heavy atom. The number of benzene rings is 1. The topological polar surface area (TPSA) is 70.8 Å². The molecule has 1 N–H and O–H groups in total. The zero-order valence-corrected chi connectivity index (χ0v) is 17.7. The van der Waals surface area contributed by atoms with Crippen molar-refractivity contribution < 1.29 is 18.4 Å². The molecule has 8 heteroatoms. The molecule has 2 aromatic rings. The number of carbonyl (C=O) groups is 1. The fraction of sp³-hybridized carbons (Fsp3) is 0.524. The van der Waals surface area contributed by atoms with Crippen LogP contribution in [0.2, 0.25) is 0 Å². The number of hydrogen-bond donors (Lipinski definition) is 1. The van der Waals surface area contributed by atoms with Crippen LogP contribution in [0.15, 0.2) is 22.7 Å². The van der Waals surface area contributed by atoms with Crippen molar-refractivity contribution in [2.45, 2.75) is 38.8 Å². The number of methoxy groups -OCH3 is 1. The summed E-state index contributed by atoms with van der Waals surface area (Å²) in [6.45, 7) is 5.95. The van der Waals surface area contributed by atoms with E-state index in [4.69, 9.17) is 9.26 Å². The lowest BCUT2D eigenvalue weighted by atomic mass is 10.1. The predicted octanol–water partition coefficient (Wildman–Crippen LogP) is 3.16. The zero-order chi connectivity index (χ0) is 21.1. The molecule has 0 saturated carbocycles. The van der Waals surface area contributed by atoms with Crippen LogP contribution in [-0.2, 0) is 0 Å². The second-order valence-corrected chi connectivity index (χ2v) is 7.79. The molecule has 29 heavy (non-hydrogen) atoms. The van der Waals surface area contributed by atoms with E-state index < -0.39 is 5.82 Å². The molecule has 1 aromatic heterocycles. The number of carbonyl (C=O) groups excluding carboxylic acids is 1. The Balaban J connectivity index is 1.87. The molecule has 0 spiro atoms. The minimum atomic E-state index is -0.482. The maximum atomic E-state index is 13.8. The van der Waals surface area contributed by atoms with E-state index in [0.717, 1.165) is 19.4 Å². The maximum absolute atomic E-state index is 13.8. The van der Waals surface area contributed by atoms with Gasteiger partial charge < -0.3 is 19.5 Å². The average Bonchev–Trinajstić information content (AvgIpc) is 3.33. The van der Waals surface area contributed by atoms with Gasteiger partial charge in [-0.15, -0.1) is 0 Å². The summed E-state index contributed by atoms with van der Waals surface area (Å²) in [6, 6.07) is 5.09. The van der Waals surface area contributed by atoms with Crippen LogP contribution in [0.25, 0.3) is 11.3 Å². The van der Waals surface area contributed by atoms with Gasteiger partial charge in [-0.3, -0.25) is 9.69 Å². The molecule has 1 aromatic carbocycles. The molecule has 3 rings (SSSR count). The van der Waals surface area contributed by atoms with E-state index in [1.807, 2.05) is 0 Å². The van der Waals surface area contributed by atoms with Crippen LogP contribution < -0.4 is 15.0 Å². The third-order valence-electron chi connectivity index (χ3n) is 5.32. The van der Waals surface area contributed by atoms with E-state index in [-0.39, 0.29) is 17.4 Å². The normalized spacial score (nSPS) is 17.0. The highest BCUT2D eigenvalue weighted by Gasteiger charge is 2.30. The van der Waals surface area contributed by atoms with Gasteiger partial charge in [0.1, 0.15) is 5.56 Å². The van der Waals surface area contributed by atoms with Crippen molar-refractivity contribution in [1.82, 2.24) is 15.4 Å². The first-order valence-corrected chi connectivity index (χ1v) is 9.88. The molecule has 7 nitrogen and oxygen atoms in total. The number of nitrogens with one attached hydrogen (secondary N) is 1. The number of halogens is 1. The molecule has 1 saturated heterocycles. The van der Waals surface area contributed by atoms with Crippen molar-refractivity contribution >= 4 is 11.7 Å². The number of amides is 1. The fourth-order valence-corrected chi connectivity index (χ4v) is 3.85. The van der Waals surface area contributed by atoms with E-state index in [1.165, 1.54) is 19.2 Å². The standard InChI is InChI=1S/C21H29FN4O3/c1-13(2)26-10-6-7-15(26)12-23-21(27)18-19(29-24-20(18)25(3)4)14-8-9-16(22)17(11-14)28-5/h8-9,11,13,15H,6-7,10,12H2,1-5H3,(H,23,27). The second-order valence-electron chi connectivity index (χ2n) is 7.79. The Hall–Kier alpha value is -2.61. The van der Waals surface area contributed by atoms with E-state index >= 15 is 0 Å². The van der Waals surface area contributed by atoms with Gasteiger partial charge in [0.2, 0.25) is 0 Å². The summed E-state index contributed by atoms with van der Waals surface area (Å²) in [5, 5.41) is 7.10. The second kappa shape index (κ2) is 8.82. The van der Waals surface area contributed by atoms with Gasteiger partial charge in [-0.25, -0.2) is 4.39 Å². The summed E-state index contributed by atoms with van der Waals surface area (Å²) < 4.78 is 24.4. The molecule has 1 aliphatic heterocycles. The van der Waals surface area contributed by atoms with Crippen LogP contribution in [0.1, 0.15) is 37.0 Å². The summed E-state index contributed by atoms with van der Waals surface area (Å²) >= 11 is 0. The molecule has 1 amide bonds. The lowest BCUT2D eigenvalue weighted by Gasteiger charge is -2.28. The molecule has 1 atom stereocenters. The van der Waals surface area contributed by atoms with Crippen LogP contribution in [-0.4, -0.2) is 62.3 Å². The first-order valence-electron chi connectivity index (χ1n) is 9.88. The van der Waals surface area contributed by atoms with Crippen LogP contribution >= 0.6 is 0 Å². The molecule has 1 aliphatic rings. The van der Waals surface area contributed by atoms with Crippen molar-refractivity contribution in [2.75, 3.05) is 39.2 Å². The van der Waals surface area contributed by atoms with Crippen LogP contribution in [0.3, 0.4) is 0 Å². The van der Waals surface area contributed by atoms with Crippen molar-refractivity contribution in [3.63, 3.8) is 0 Å². The minimum absolute atomic E-state index is 0.0789. The van der Waals surface area contributed by atoms with Crippen LogP contribution in [0.4, 0.5) is 10.2 Å². The molecule has 1 fully saturated rings. The van der Waals surface area contributed by atoms with Gasteiger partial charge >= 0.3 is 0 Å². The number of rotatable bonds is 7. The van der Waals surface area contributed by atoms with Gasteiger partial charge in [0.05, 0.1) is 7.11 Å². The smallest absolute Gasteiger partial charge is 0.259 e. The zero-order valence-electron chi connectivity index (χ0n) is 17.7. The molecule has 0 aliphatic carbocycles. The molecular formula is C21H29FN4O3. The van der Waals surface area contributed by atoms with Crippen LogP contribution in [0.5, 0.6) is 5.75 Å². The van der Waals surface area contributed by atoms with Gasteiger partial charge in [-0.2, -0.15) is 0 Å². The molecule has 2 heterocycles. The van der Waals surface area contributed by atoms with Gasteiger partial charge in [0.15, 0.2) is 23.1 Å². The summed E-state index contributed by atoms with van der Waals surface area (Å²) in [4.78, 5) is 17.2. The van der Waals surface area contributed by atoms with Gasteiger partial charge in [0, 0.05) is 38.3 Å². The summed E-state index contributed by atoms with van der Waals surface area (Å²) in [5.41, 5.74) is 0.858. The minimum Gasteiger partial charge on any atom is -0.494 e. The van der Waals surface area contributed by atoms with E-state index in [9.17, 15) is 9.18 Å². The number of hydrogen-bond acceptors (Lipinski definition) is 6. The van der Waals surface area contributed by atoms with Crippen molar-refractivity contribution in [2.24, 2.45) is 0 Å². The first kappa shape index (κ1) is 21.1. The Labute approximate surface area is 170 Å². The third kappa shape index (κ3) is 4.37. The lowest BCUT2D eigenvalue weighted by molar-refractivity contribution is 0.0936. The SMILES string of the molecule is COc1cc(-c2onc(N(C)C)c2C(=O)NCC2CCCN2C(C)C)ccc1F. The van der Waals surface area contributed by atoms with E-state index in [2.05, 4.69) is 29.2 Å². The highest BCUT2D eigenvalue weighted by molar-refractivity contribution is 6.04. The Kier molecular flexibility index (Phi) is 6.42. The molecule has 0 bridgehead atoms. The first-order chi connectivity index (χ1) is 13.8. The van der Waals surface area contributed by atoms with Gasteiger partial charge in [0.25, 0.3) is 5.91 Å². The van der Waals surface area contributed by atoms with Crippen LogP contribution in [0, 0.1) is 5.82 Å². The molecule has 1 unspecified atom stereocenters. The Morgan fingerprint density at radius 3 is 2.86 bits per heavy atom. The van der Waals surface area contributed by atoms with Crippen molar-refractivity contribution in [3.8, 4) is 17.1 Å². The monoisotopic (exact) mass is 404 g/mol. The van der Waals surface area contributed by atoms with Crippen molar-refractivity contribution in [3.05, 3.63) is 29.6 Å². The van der Waals surface area contributed by atoms with Crippen molar-refractivity contribution in [1.29, 1.82) is 0 Å². The van der Waals surface area contributed by atoms with E-state index in [1.54, 1.807) is 25.1 Å². The Morgan fingerprint density at radius 1 is 1.45 bits per heavy atom. The summed E-state index contributed by atoms with van der Waals surface area (Å²) in [5.74, 6) is 0.0493. The van der Waals surface area contributed by atoms with E-state index in [0.29, 0.717) is 35.6 Å². The molecule has 158 valence electrons. The number of nitrogens with zero attached hydrogens (tertiary/aromatic N) is 3. The quantitative estimate of drug-likeness (QED) is 0.764. The lowest BCUT2D eigenvalue weighted by Crippen LogP contribution is -2.43. The largest absolute Gasteiger partial charge is 0.494 e. The third-order valence-corrected chi connectivity index (χ3v) is 5.32.